The van der Waals surface area contributed by atoms with Crippen molar-refractivity contribution in [3.8, 4) is 0 Å². The predicted octanol–water partition coefficient (Wildman–Crippen LogP) is 11.8. The summed E-state index contributed by atoms with van der Waals surface area (Å²) in [5, 5.41) is 0. The van der Waals surface area contributed by atoms with Crippen LogP contribution in [0.4, 0.5) is 0 Å². The maximum atomic E-state index is 2.37. The molecule has 212 valence electrons. The van der Waals surface area contributed by atoms with Crippen LogP contribution < -0.4 is 0 Å². The van der Waals surface area contributed by atoms with Gasteiger partial charge in [-0.3, -0.25) is 0 Å². The smallest absolute Gasteiger partial charge is 0 e. The molecule has 0 atom stereocenters. The number of hydrogen-bond acceptors (Lipinski definition) is 0. The van der Waals surface area contributed by atoms with Crippen molar-refractivity contribution in [2.75, 3.05) is 0 Å². The zero-order valence-electron chi connectivity index (χ0n) is 27.4. The van der Waals surface area contributed by atoms with Crippen LogP contribution in [0.25, 0.3) is 0 Å². The number of hydrogen-bond donors (Lipinski definition) is 0. The van der Waals surface area contributed by atoms with E-state index in [1.807, 2.05) is 0 Å². The summed E-state index contributed by atoms with van der Waals surface area (Å²) in [7, 11) is 0. The van der Waals surface area contributed by atoms with Crippen molar-refractivity contribution in [2.45, 2.75) is 123 Å². The summed E-state index contributed by atoms with van der Waals surface area (Å²) in [4.78, 5) is 0. The molecule has 4 rings (SSSR count). The van der Waals surface area contributed by atoms with Crippen LogP contribution in [0.15, 0.2) is 36.4 Å². The summed E-state index contributed by atoms with van der Waals surface area (Å²) in [6.45, 7) is 30.7. The molecular formula is C38H60. The molecule has 0 aromatic heterocycles. The first-order valence-corrected chi connectivity index (χ1v) is 14.8. The maximum absolute atomic E-state index is 2.37. The molecule has 0 amide bonds. The standard InChI is InChI=1S/3C10H14.C8H16.H2/c2*1-7-5-8(2)10(4)9(3)6-7;1-7-5-6-8(2)10(4)9(7)3;1-7-3-5-8(2)6-4-7;/h3*5-6H,1-4H3;7-8H,3-6H2,1-2H3;1H. The molecule has 0 aliphatic heterocycles. The molecule has 0 bridgehead atoms. The Kier molecular flexibility index (Phi) is 14.1. The van der Waals surface area contributed by atoms with Gasteiger partial charge < -0.3 is 0 Å². The highest BCUT2D eigenvalue weighted by atomic mass is 14.2. The minimum Gasteiger partial charge on any atom is -0.0625 e. The molecule has 0 radical (unpaired) electrons. The van der Waals surface area contributed by atoms with Crippen molar-refractivity contribution in [3.05, 3.63) is 103 Å². The van der Waals surface area contributed by atoms with Crippen LogP contribution in [0.1, 0.15) is 108 Å². The highest BCUT2D eigenvalue weighted by Gasteiger charge is 2.13. The molecule has 38 heavy (non-hydrogen) atoms. The van der Waals surface area contributed by atoms with Gasteiger partial charge in [0.2, 0.25) is 0 Å². The fourth-order valence-corrected chi connectivity index (χ4v) is 5.02. The molecule has 0 heterocycles. The molecule has 0 nitrogen and oxygen atoms in total. The number of benzene rings is 3. The number of rotatable bonds is 0. The van der Waals surface area contributed by atoms with E-state index < -0.39 is 0 Å². The highest BCUT2D eigenvalue weighted by molar-refractivity contribution is 5.38. The fourth-order valence-electron chi connectivity index (χ4n) is 5.02. The largest absolute Gasteiger partial charge is 0.0625 e. The lowest BCUT2D eigenvalue weighted by Crippen LogP contribution is -2.08. The lowest BCUT2D eigenvalue weighted by molar-refractivity contribution is 0.308. The molecule has 1 fully saturated rings. The Balaban J connectivity index is 0.000000491. The van der Waals surface area contributed by atoms with E-state index in [9.17, 15) is 0 Å². The SMILES string of the molecule is CC1CCC(C)CC1.Cc1cc(C)c(C)c(C)c1.Cc1cc(C)c(C)c(C)c1.Cc1ccc(C)c(C)c1C.[HH]. The van der Waals surface area contributed by atoms with Gasteiger partial charge in [-0.2, -0.15) is 0 Å². The first-order chi connectivity index (χ1) is 17.6. The Morgan fingerprint density at radius 3 is 0.868 bits per heavy atom. The Morgan fingerprint density at radius 1 is 0.395 bits per heavy atom. The van der Waals surface area contributed by atoms with Gasteiger partial charge in [0.25, 0.3) is 0 Å². The topological polar surface area (TPSA) is 0 Å². The van der Waals surface area contributed by atoms with Crippen LogP contribution in [-0.4, -0.2) is 0 Å². The average Bonchev–Trinajstić information content (AvgIpc) is 2.85. The maximum Gasteiger partial charge on any atom is 0 e. The Bertz CT molecular complexity index is 1020. The Hall–Kier alpha value is -2.34. The third-order valence-corrected chi connectivity index (χ3v) is 8.78. The van der Waals surface area contributed by atoms with Crippen molar-refractivity contribution in [2.24, 2.45) is 11.8 Å². The minimum absolute atomic E-state index is 0. The first-order valence-electron chi connectivity index (χ1n) is 14.8. The summed E-state index contributed by atoms with van der Waals surface area (Å²) in [6, 6.07) is 13.3. The van der Waals surface area contributed by atoms with Crippen LogP contribution in [0.2, 0.25) is 0 Å². The zero-order valence-corrected chi connectivity index (χ0v) is 27.4. The van der Waals surface area contributed by atoms with Crippen LogP contribution in [0.3, 0.4) is 0 Å². The molecule has 1 aliphatic carbocycles. The fraction of sp³-hybridized carbons (Fsp3) is 0.526. The molecule has 0 saturated heterocycles. The van der Waals surface area contributed by atoms with Crippen LogP contribution in [-0.2, 0) is 0 Å². The third-order valence-electron chi connectivity index (χ3n) is 8.78. The molecule has 0 unspecified atom stereocenters. The minimum atomic E-state index is 0. The summed E-state index contributed by atoms with van der Waals surface area (Å²) >= 11 is 0. The van der Waals surface area contributed by atoms with Gasteiger partial charge in [0.05, 0.1) is 0 Å². The lowest BCUT2D eigenvalue weighted by Gasteiger charge is -2.22. The van der Waals surface area contributed by atoms with Crippen LogP contribution in [0, 0.1) is 94.9 Å². The van der Waals surface area contributed by atoms with Crippen molar-refractivity contribution in [1.29, 1.82) is 0 Å². The average molecular weight is 517 g/mol. The highest BCUT2D eigenvalue weighted by Crippen LogP contribution is 2.27. The van der Waals surface area contributed by atoms with E-state index in [4.69, 9.17) is 0 Å². The molecule has 0 heteroatoms. The second-order valence-electron chi connectivity index (χ2n) is 12.4. The van der Waals surface area contributed by atoms with E-state index in [-0.39, 0.29) is 1.43 Å². The Labute approximate surface area is 238 Å². The van der Waals surface area contributed by atoms with Gasteiger partial charge >= 0.3 is 0 Å². The quantitative estimate of drug-likeness (QED) is 0.279. The summed E-state index contributed by atoms with van der Waals surface area (Å²) in [5.74, 6) is 2.04. The second-order valence-corrected chi connectivity index (χ2v) is 12.4. The van der Waals surface area contributed by atoms with Crippen molar-refractivity contribution >= 4 is 0 Å². The van der Waals surface area contributed by atoms with Crippen molar-refractivity contribution in [3.63, 3.8) is 0 Å². The van der Waals surface area contributed by atoms with E-state index in [0.29, 0.717) is 0 Å². The lowest BCUT2D eigenvalue weighted by atomic mass is 9.84. The van der Waals surface area contributed by atoms with Gasteiger partial charge in [-0.05, 0) is 151 Å². The van der Waals surface area contributed by atoms with E-state index in [0.717, 1.165) is 11.8 Å². The third kappa shape index (κ3) is 11.2. The molecule has 0 N–H and O–H groups in total. The molecular weight excluding hydrogens is 456 g/mol. The number of aryl methyl sites for hydroxylation is 8. The molecule has 1 aliphatic rings. The molecule has 3 aromatic carbocycles. The van der Waals surface area contributed by atoms with Gasteiger partial charge in [0.1, 0.15) is 0 Å². The Morgan fingerprint density at radius 2 is 0.632 bits per heavy atom. The van der Waals surface area contributed by atoms with E-state index >= 15 is 0 Å². The summed E-state index contributed by atoms with van der Waals surface area (Å²) in [5.41, 5.74) is 16.8. The summed E-state index contributed by atoms with van der Waals surface area (Å²) in [6.07, 6.45) is 5.89. The summed E-state index contributed by atoms with van der Waals surface area (Å²) < 4.78 is 0. The van der Waals surface area contributed by atoms with Gasteiger partial charge in [-0.25, -0.2) is 0 Å². The molecule has 1 saturated carbocycles. The van der Waals surface area contributed by atoms with Gasteiger partial charge in [-0.15, -0.1) is 0 Å². The van der Waals surface area contributed by atoms with E-state index in [1.54, 1.807) is 0 Å². The normalized spacial score (nSPS) is 16.3. The van der Waals surface area contributed by atoms with Gasteiger partial charge in [0.15, 0.2) is 0 Å². The van der Waals surface area contributed by atoms with Crippen molar-refractivity contribution in [1.82, 2.24) is 0 Å². The van der Waals surface area contributed by atoms with Crippen molar-refractivity contribution < 1.29 is 1.43 Å². The van der Waals surface area contributed by atoms with Gasteiger partial charge in [0, 0.05) is 1.43 Å². The second kappa shape index (κ2) is 15.9. The molecule has 0 spiro atoms. The van der Waals surface area contributed by atoms with E-state index in [1.165, 1.54) is 92.4 Å². The molecule has 3 aromatic rings. The predicted molar refractivity (Wildman–Crippen MR) is 175 cm³/mol. The monoisotopic (exact) mass is 516 g/mol. The van der Waals surface area contributed by atoms with Crippen LogP contribution >= 0.6 is 0 Å². The zero-order chi connectivity index (χ0) is 29.2. The van der Waals surface area contributed by atoms with E-state index in [2.05, 4.69) is 133 Å². The van der Waals surface area contributed by atoms with Gasteiger partial charge in [-0.1, -0.05) is 87.1 Å². The first kappa shape index (κ1) is 33.7. The van der Waals surface area contributed by atoms with Crippen LogP contribution in [0.5, 0.6) is 0 Å².